The van der Waals surface area contributed by atoms with Crippen molar-refractivity contribution in [3.63, 3.8) is 0 Å². The molecule has 8 nitrogen and oxygen atoms in total. The van der Waals surface area contributed by atoms with Crippen LogP contribution in [0, 0.1) is 11.7 Å². The van der Waals surface area contributed by atoms with Crippen LogP contribution >= 0.6 is 0 Å². The number of ether oxygens (including phenoxy) is 1. The SMILES string of the molecule is CS(=O)(=O)NC(=O)c1cc(C2CC2)c(OCC2CN(S(=O)(=O)c3ccccc3)C2)cc1F. The summed E-state index contributed by atoms with van der Waals surface area (Å²) in [5.41, 5.74) is 0.298. The molecule has 2 fully saturated rings. The Bertz CT molecular complexity index is 1240. The molecule has 0 atom stereocenters. The zero-order chi connectivity index (χ0) is 23.1. The summed E-state index contributed by atoms with van der Waals surface area (Å²) in [5, 5.41) is 0. The summed E-state index contributed by atoms with van der Waals surface area (Å²) in [6, 6.07) is 10.6. The number of rotatable bonds is 8. The lowest BCUT2D eigenvalue weighted by molar-refractivity contribution is 0.0977. The second-order valence-corrected chi connectivity index (χ2v) is 11.8. The van der Waals surface area contributed by atoms with Crippen LogP contribution in [0.5, 0.6) is 5.75 Å². The van der Waals surface area contributed by atoms with Crippen LogP contribution in [0.3, 0.4) is 0 Å². The molecule has 0 unspecified atom stereocenters. The van der Waals surface area contributed by atoms with E-state index in [0.29, 0.717) is 24.4 Å². The molecule has 4 rings (SSSR count). The van der Waals surface area contributed by atoms with E-state index in [-0.39, 0.29) is 28.9 Å². The van der Waals surface area contributed by atoms with Gasteiger partial charge in [-0.2, -0.15) is 4.31 Å². The molecule has 1 amide bonds. The first-order valence-electron chi connectivity index (χ1n) is 10.1. The van der Waals surface area contributed by atoms with Gasteiger partial charge in [0.25, 0.3) is 5.91 Å². The average molecular weight is 483 g/mol. The Morgan fingerprint density at radius 1 is 1.12 bits per heavy atom. The normalized spacial score (nSPS) is 17.6. The number of carbonyl (C=O) groups excluding carboxylic acids is 1. The van der Waals surface area contributed by atoms with Gasteiger partial charge in [-0.15, -0.1) is 0 Å². The first kappa shape index (κ1) is 22.7. The number of amides is 1. The van der Waals surface area contributed by atoms with Crippen LogP contribution in [0.2, 0.25) is 0 Å². The smallest absolute Gasteiger partial charge is 0.267 e. The molecule has 0 radical (unpaired) electrons. The van der Waals surface area contributed by atoms with Crippen LogP contribution in [0.1, 0.15) is 34.7 Å². The van der Waals surface area contributed by atoms with Crippen LogP contribution in [0.15, 0.2) is 47.4 Å². The van der Waals surface area contributed by atoms with E-state index in [1.54, 1.807) is 35.1 Å². The summed E-state index contributed by atoms with van der Waals surface area (Å²) in [4.78, 5) is 12.4. The Balaban J connectivity index is 1.42. The maximum absolute atomic E-state index is 14.5. The van der Waals surface area contributed by atoms with Crippen molar-refractivity contribution in [3.05, 3.63) is 59.4 Å². The van der Waals surface area contributed by atoms with Crippen molar-refractivity contribution in [1.82, 2.24) is 9.03 Å². The highest BCUT2D eigenvalue weighted by molar-refractivity contribution is 7.89. The van der Waals surface area contributed by atoms with Gasteiger partial charge < -0.3 is 4.74 Å². The molecule has 1 heterocycles. The molecule has 0 spiro atoms. The summed E-state index contributed by atoms with van der Waals surface area (Å²) < 4.78 is 71.3. The summed E-state index contributed by atoms with van der Waals surface area (Å²) in [7, 11) is -7.36. The lowest BCUT2D eigenvalue weighted by Crippen LogP contribution is -2.51. The topological polar surface area (TPSA) is 110 Å². The number of hydrogen-bond donors (Lipinski definition) is 1. The van der Waals surface area contributed by atoms with Crippen molar-refractivity contribution in [2.24, 2.45) is 5.92 Å². The van der Waals surface area contributed by atoms with Gasteiger partial charge in [0.1, 0.15) is 11.6 Å². The van der Waals surface area contributed by atoms with E-state index in [1.165, 1.54) is 10.4 Å². The van der Waals surface area contributed by atoms with Crippen molar-refractivity contribution < 1.29 is 30.8 Å². The number of nitrogens with one attached hydrogen (secondary N) is 1. The van der Waals surface area contributed by atoms with E-state index in [1.807, 2.05) is 0 Å². The van der Waals surface area contributed by atoms with Gasteiger partial charge in [-0.1, -0.05) is 18.2 Å². The first-order chi connectivity index (χ1) is 15.0. The lowest BCUT2D eigenvalue weighted by Gasteiger charge is -2.37. The third-order valence-electron chi connectivity index (χ3n) is 5.42. The molecule has 0 bridgehead atoms. The van der Waals surface area contributed by atoms with Crippen molar-refractivity contribution >= 4 is 26.0 Å². The van der Waals surface area contributed by atoms with Crippen molar-refractivity contribution in [3.8, 4) is 5.75 Å². The fourth-order valence-electron chi connectivity index (χ4n) is 3.58. The third kappa shape index (κ3) is 4.94. The minimum Gasteiger partial charge on any atom is -0.493 e. The molecule has 2 aliphatic rings. The summed E-state index contributed by atoms with van der Waals surface area (Å²) >= 11 is 0. The maximum Gasteiger partial charge on any atom is 0.267 e. The molecule has 1 saturated heterocycles. The minimum absolute atomic E-state index is 0.0446. The molecular weight excluding hydrogens is 459 g/mol. The monoisotopic (exact) mass is 482 g/mol. The predicted molar refractivity (Wildman–Crippen MR) is 115 cm³/mol. The minimum atomic E-state index is -3.82. The van der Waals surface area contributed by atoms with Crippen LogP contribution in [-0.2, 0) is 20.0 Å². The third-order valence-corrected chi connectivity index (χ3v) is 7.82. The Morgan fingerprint density at radius 3 is 2.38 bits per heavy atom. The van der Waals surface area contributed by atoms with Gasteiger partial charge in [0.2, 0.25) is 20.0 Å². The van der Waals surface area contributed by atoms with Crippen LogP contribution in [-0.4, -0.2) is 53.0 Å². The second-order valence-electron chi connectivity index (χ2n) is 8.16. The molecular formula is C21H23FN2O6S2. The largest absolute Gasteiger partial charge is 0.493 e. The van der Waals surface area contributed by atoms with Gasteiger partial charge in [0.05, 0.1) is 23.3 Å². The fraction of sp³-hybridized carbons (Fsp3) is 0.381. The number of sulfonamides is 2. The number of carbonyl (C=O) groups is 1. The molecule has 2 aromatic carbocycles. The second kappa shape index (κ2) is 8.45. The van der Waals surface area contributed by atoms with Gasteiger partial charge in [-0.25, -0.2) is 25.9 Å². The highest BCUT2D eigenvalue weighted by atomic mass is 32.2. The highest BCUT2D eigenvalue weighted by Crippen LogP contribution is 2.45. The van der Waals surface area contributed by atoms with E-state index < -0.39 is 31.8 Å². The fourth-order valence-corrected chi connectivity index (χ4v) is 5.64. The van der Waals surface area contributed by atoms with Gasteiger partial charge in [-0.05, 0) is 42.5 Å². The molecule has 172 valence electrons. The molecule has 1 aliphatic heterocycles. The Hall–Kier alpha value is -2.50. The number of hydrogen-bond acceptors (Lipinski definition) is 6. The van der Waals surface area contributed by atoms with Crippen molar-refractivity contribution in [1.29, 1.82) is 0 Å². The van der Waals surface area contributed by atoms with E-state index in [9.17, 15) is 26.0 Å². The van der Waals surface area contributed by atoms with Crippen molar-refractivity contribution in [2.45, 2.75) is 23.7 Å². The Labute approximate surface area is 186 Å². The van der Waals surface area contributed by atoms with E-state index in [2.05, 4.69) is 0 Å². The van der Waals surface area contributed by atoms with E-state index in [4.69, 9.17) is 4.74 Å². The Morgan fingerprint density at radius 2 is 1.78 bits per heavy atom. The molecule has 11 heteroatoms. The highest BCUT2D eigenvalue weighted by Gasteiger charge is 2.37. The van der Waals surface area contributed by atoms with E-state index >= 15 is 0 Å². The molecule has 1 saturated carbocycles. The predicted octanol–water partition coefficient (Wildman–Crippen LogP) is 2.09. The quantitative estimate of drug-likeness (QED) is 0.617. The summed E-state index contributed by atoms with van der Waals surface area (Å²) in [5.74, 6) is -1.54. The van der Waals surface area contributed by atoms with Crippen LogP contribution < -0.4 is 9.46 Å². The zero-order valence-electron chi connectivity index (χ0n) is 17.3. The van der Waals surface area contributed by atoms with E-state index in [0.717, 1.165) is 25.2 Å². The van der Waals surface area contributed by atoms with Gasteiger partial charge in [-0.3, -0.25) is 4.79 Å². The van der Waals surface area contributed by atoms with Gasteiger partial charge in [0, 0.05) is 25.1 Å². The van der Waals surface area contributed by atoms with Crippen molar-refractivity contribution in [2.75, 3.05) is 26.0 Å². The zero-order valence-corrected chi connectivity index (χ0v) is 19.0. The lowest BCUT2D eigenvalue weighted by atomic mass is 10.0. The number of benzene rings is 2. The summed E-state index contributed by atoms with van der Waals surface area (Å²) in [6.45, 7) is 0.801. The Kier molecular flexibility index (Phi) is 5.99. The van der Waals surface area contributed by atoms with Crippen LogP contribution in [0.25, 0.3) is 0 Å². The molecule has 2 aromatic rings. The molecule has 32 heavy (non-hydrogen) atoms. The molecule has 0 aromatic heterocycles. The first-order valence-corrected chi connectivity index (χ1v) is 13.4. The molecule has 1 N–H and O–H groups in total. The van der Waals surface area contributed by atoms with Gasteiger partial charge in [0.15, 0.2) is 0 Å². The van der Waals surface area contributed by atoms with Gasteiger partial charge >= 0.3 is 0 Å². The number of halogens is 1. The average Bonchev–Trinajstić information content (AvgIpc) is 3.51. The molecule has 1 aliphatic carbocycles. The number of nitrogens with zero attached hydrogens (tertiary/aromatic N) is 1. The standard InChI is InChI=1S/C21H23FN2O6S2/c1-31(26,27)23-21(25)18-9-17(15-7-8-15)20(10-19(18)22)30-13-14-11-24(12-14)32(28,29)16-5-3-2-4-6-16/h2-6,9-10,14-15H,7-8,11-13H2,1H3,(H,23,25). The van der Waals surface area contributed by atoms with Crippen LogP contribution in [0.4, 0.5) is 4.39 Å². The summed E-state index contributed by atoms with van der Waals surface area (Å²) in [6.07, 6.45) is 2.55. The maximum atomic E-state index is 14.5.